The fourth-order valence-electron chi connectivity index (χ4n) is 2.28. The van der Waals surface area contributed by atoms with Crippen LogP contribution in [0.25, 0.3) is 10.2 Å². The van der Waals surface area contributed by atoms with Gasteiger partial charge in [-0.25, -0.2) is 4.39 Å². The van der Waals surface area contributed by atoms with Crippen LogP contribution < -0.4 is 4.80 Å². The highest BCUT2D eigenvalue weighted by molar-refractivity contribution is 7.98. The Balaban J connectivity index is 1.88. The van der Waals surface area contributed by atoms with Crippen molar-refractivity contribution >= 4 is 39.2 Å². The third kappa shape index (κ3) is 3.54. The molecule has 0 radical (unpaired) electrons. The van der Waals surface area contributed by atoms with Crippen molar-refractivity contribution in [2.24, 2.45) is 12.0 Å². The average molecular weight is 346 g/mol. The lowest BCUT2D eigenvalue weighted by Crippen LogP contribution is -2.14. The van der Waals surface area contributed by atoms with E-state index in [1.807, 2.05) is 42.1 Å². The minimum Gasteiger partial charge on any atom is -0.319 e. The summed E-state index contributed by atoms with van der Waals surface area (Å²) in [5.74, 6) is -0.490. The minimum atomic E-state index is -0.286. The van der Waals surface area contributed by atoms with E-state index in [4.69, 9.17) is 0 Å². The molecule has 0 saturated carbocycles. The van der Waals surface area contributed by atoms with Gasteiger partial charge in [-0.2, -0.15) is 4.99 Å². The molecule has 0 spiro atoms. The molecule has 3 nitrogen and oxygen atoms in total. The van der Waals surface area contributed by atoms with Gasteiger partial charge in [-0.1, -0.05) is 23.5 Å². The second-order valence-corrected chi connectivity index (χ2v) is 6.97. The van der Waals surface area contributed by atoms with E-state index in [1.165, 1.54) is 23.5 Å². The first-order valence-electron chi connectivity index (χ1n) is 7.02. The predicted molar refractivity (Wildman–Crippen MR) is 93.3 cm³/mol. The van der Waals surface area contributed by atoms with E-state index in [2.05, 4.69) is 4.99 Å². The quantitative estimate of drug-likeness (QED) is 0.677. The van der Waals surface area contributed by atoms with Gasteiger partial charge in [-0.15, -0.1) is 11.8 Å². The van der Waals surface area contributed by atoms with Gasteiger partial charge in [-0.05, 0) is 42.2 Å². The Labute approximate surface area is 141 Å². The summed E-state index contributed by atoms with van der Waals surface area (Å²) >= 11 is 2.98. The number of thiazole rings is 1. The van der Waals surface area contributed by atoms with E-state index in [-0.39, 0.29) is 18.1 Å². The van der Waals surface area contributed by atoms with Crippen LogP contribution in [0.3, 0.4) is 0 Å². The van der Waals surface area contributed by atoms with Crippen LogP contribution in [0, 0.1) is 5.82 Å². The second kappa shape index (κ2) is 6.68. The molecule has 23 heavy (non-hydrogen) atoms. The summed E-state index contributed by atoms with van der Waals surface area (Å²) in [5, 5.41) is 0. The van der Waals surface area contributed by atoms with E-state index >= 15 is 0 Å². The number of carbonyl (C=O) groups excluding carboxylic acids is 1. The van der Waals surface area contributed by atoms with Crippen molar-refractivity contribution in [1.29, 1.82) is 0 Å². The first-order valence-corrected chi connectivity index (χ1v) is 9.06. The third-order valence-corrected chi connectivity index (χ3v) is 5.34. The number of hydrogen-bond donors (Lipinski definition) is 0. The molecule has 0 unspecified atom stereocenters. The number of aromatic nitrogens is 1. The molecule has 3 aromatic rings. The molecule has 0 aliphatic carbocycles. The predicted octanol–water partition coefficient (Wildman–Crippen LogP) is 3.77. The Hall–Kier alpha value is -1.92. The molecule has 2 aromatic carbocycles. The molecule has 0 aliphatic rings. The molecule has 3 rings (SSSR count). The molecule has 118 valence electrons. The zero-order valence-electron chi connectivity index (χ0n) is 12.7. The number of carbonyl (C=O) groups is 1. The molecule has 0 bridgehead atoms. The number of hydrogen-bond acceptors (Lipinski definition) is 3. The molecule has 0 N–H and O–H groups in total. The molecule has 0 atom stereocenters. The largest absolute Gasteiger partial charge is 0.319 e. The monoisotopic (exact) mass is 346 g/mol. The minimum absolute atomic E-state index is 0.204. The van der Waals surface area contributed by atoms with Crippen molar-refractivity contribution in [1.82, 2.24) is 4.57 Å². The maximum absolute atomic E-state index is 13.3. The Kier molecular flexibility index (Phi) is 4.63. The van der Waals surface area contributed by atoms with Crippen LogP contribution in [-0.4, -0.2) is 16.7 Å². The number of amides is 1. The molecule has 1 aromatic heterocycles. The van der Waals surface area contributed by atoms with Crippen molar-refractivity contribution < 1.29 is 9.18 Å². The molecule has 6 heteroatoms. The molecule has 0 saturated heterocycles. The topological polar surface area (TPSA) is 34.4 Å². The zero-order chi connectivity index (χ0) is 16.4. The van der Waals surface area contributed by atoms with Crippen LogP contribution in [0.15, 0.2) is 52.4 Å². The molecule has 0 aliphatic heterocycles. The number of rotatable bonds is 3. The van der Waals surface area contributed by atoms with E-state index in [1.54, 1.807) is 17.8 Å². The first kappa shape index (κ1) is 16.0. The number of aryl methyl sites for hydroxylation is 1. The maximum atomic E-state index is 13.3. The summed E-state index contributed by atoms with van der Waals surface area (Å²) in [6.45, 7) is 0. The second-order valence-electron chi connectivity index (χ2n) is 5.09. The third-order valence-electron chi connectivity index (χ3n) is 3.51. The molecule has 1 heterocycles. The van der Waals surface area contributed by atoms with Crippen LogP contribution in [0.5, 0.6) is 0 Å². The highest BCUT2D eigenvalue weighted by Gasteiger charge is 2.07. The number of nitrogens with zero attached hydrogens (tertiary/aromatic N) is 2. The highest BCUT2D eigenvalue weighted by Crippen LogP contribution is 2.18. The lowest BCUT2D eigenvalue weighted by Gasteiger charge is -1.99. The van der Waals surface area contributed by atoms with Crippen LogP contribution >= 0.6 is 23.1 Å². The lowest BCUT2D eigenvalue weighted by molar-refractivity contribution is -0.117. The van der Waals surface area contributed by atoms with E-state index < -0.39 is 0 Å². The van der Waals surface area contributed by atoms with Gasteiger partial charge in [-0.3, -0.25) is 4.79 Å². The maximum Gasteiger partial charge on any atom is 0.252 e. The van der Waals surface area contributed by atoms with Gasteiger partial charge in [0.25, 0.3) is 5.91 Å². The summed E-state index contributed by atoms with van der Waals surface area (Å²) in [5.41, 5.74) is 1.80. The Morgan fingerprint density at radius 3 is 2.70 bits per heavy atom. The summed E-state index contributed by atoms with van der Waals surface area (Å²) in [6.07, 6.45) is 2.27. The van der Waals surface area contributed by atoms with Crippen LogP contribution in [0.2, 0.25) is 0 Å². The smallest absolute Gasteiger partial charge is 0.252 e. The van der Waals surface area contributed by atoms with Crippen molar-refractivity contribution in [2.45, 2.75) is 11.3 Å². The van der Waals surface area contributed by atoms with E-state index in [9.17, 15) is 9.18 Å². The number of halogens is 1. The fraction of sp³-hybridized carbons (Fsp3) is 0.176. The Bertz CT molecular complexity index is 926. The number of thioether (sulfide) groups is 1. The highest BCUT2D eigenvalue weighted by atomic mass is 32.2. The summed E-state index contributed by atoms with van der Waals surface area (Å²) in [7, 11) is 1.83. The van der Waals surface area contributed by atoms with Crippen LogP contribution in [0.1, 0.15) is 5.56 Å². The normalized spacial score (nSPS) is 12.0. The zero-order valence-corrected chi connectivity index (χ0v) is 14.4. The summed E-state index contributed by atoms with van der Waals surface area (Å²) < 4.78 is 15.9. The number of fused-ring (bicyclic) bond motifs is 1. The van der Waals surface area contributed by atoms with Crippen molar-refractivity contribution in [3.63, 3.8) is 0 Å². The Morgan fingerprint density at radius 1 is 1.26 bits per heavy atom. The van der Waals surface area contributed by atoms with E-state index in [0.717, 1.165) is 20.7 Å². The van der Waals surface area contributed by atoms with E-state index in [0.29, 0.717) is 4.80 Å². The standard InChI is InChI=1S/C17H15FN2OS2/c1-20-14-8-5-12(18)10-15(14)23-17(20)19-16(21)9-11-3-6-13(22-2)7-4-11/h3-8,10H,9H2,1-2H3. The van der Waals surface area contributed by atoms with Crippen molar-refractivity contribution in [3.8, 4) is 0 Å². The summed E-state index contributed by atoms with van der Waals surface area (Å²) in [4.78, 5) is 18.1. The van der Waals surface area contributed by atoms with Crippen molar-refractivity contribution in [2.75, 3.05) is 6.26 Å². The SMILES string of the molecule is CSc1ccc(CC(=O)N=c2sc3cc(F)ccc3n2C)cc1. The van der Waals surface area contributed by atoms with Gasteiger partial charge in [0.05, 0.1) is 16.6 Å². The van der Waals surface area contributed by atoms with Crippen LogP contribution in [-0.2, 0) is 18.3 Å². The molecular formula is C17H15FN2OS2. The van der Waals surface area contributed by atoms with Gasteiger partial charge >= 0.3 is 0 Å². The van der Waals surface area contributed by atoms with Gasteiger partial charge in [0, 0.05) is 11.9 Å². The van der Waals surface area contributed by atoms with Crippen molar-refractivity contribution in [3.05, 3.63) is 58.6 Å². The van der Waals surface area contributed by atoms with Crippen LogP contribution in [0.4, 0.5) is 4.39 Å². The van der Waals surface area contributed by atoms with Gasteiger partial charge in [0.1, 0.15) is 5.82 Å². The average Bonchev–Trinajstić information content (AvgIpc) is 2.83. The summed E-state index contributed by atoms with van der Waals surface area (Å²) in [6, 6.07) is 12.5. The van der Waals surface area contributed by atoms with Gasteiger partial charge in [0.15, 0.2) is 4.80 Å². The fourth-order valence-corrected chi connectivity index (χ4v) is 3.75. The first-order chi connectivity index (χ1) is 11.1. The van der Waals surface area contributed by atoms with Gasteiger partial charge < -0.3 is 4.57 Å². The Morgan fingerprint density at radius 2 is 2.00 bits per heavy atom. The number of benzene rings is 2. The molecule has 0 fully saturated rings. The van der Waals surface area contributed by atoms with Gasteiger partial charge in [0.2, 0.25) is 0 Å². The molecule has 1 amide bonds. The lowest BCUT2D eigenvalue weighted by atomic mass is 10.1. The molecular weight excluding hydrogens is 331 g/mol.